The first-order valence-corrected chi connectivity index (χ1v) is 6.76. The smallest absolute Gasteiger partial charge is 0.238 e. The second-order valence-electron chi connectivity index (χ2n) is 3.91. The van der Waals surface area contributed by atoms with Gasteiger partial charge >= 0.3 is 0 Å². The third-order valence-corrected chi connectivity index (χ3v) is 3.40. The molecule has 2 aromatic rings. The van der Waals surface area contributed by atoms with Gasteiger partial charge in [0.1, 0.15) is 0 Å². The first-order chi connectivity index (χ1) is 8.38. The monoisotopic (exact) mass is 264 g/mol. The van der Waals surface area contributed by atoms with Crippen LogP contribution in [0.3, 0.4) is 0 Å². The zero-order valence-electron chi connectivity index (χ0n) is 9.67. The number of rotatable bonds is 2. The Morgan fingerprint density at radius 2 is 1.94 bits per heavy atom. The Hall–Kier alpha value is -1.92. The molecule has 0 spiro atoms. The van der Waals surface area contributed by atoms with Gasteiger partial charge in [0.05, 0.1) is 4.90 Å². The average Bonchev–Trinajstić information content (AvgIpc) is 2.27. The standard InChI is InChI=1S/C12H12N2O3S/c1-8(15)14-12-4-2-3-9-7-10(18(13,16)17)5-6-11(9)12/h2-7H,1H3,(H,14,15)(H2,13,16,17). The molecule has 0 saturated carbocycles. The summed E-state index contributed by atoms with van der Waals surface area (Å²) in [7, 11) is -3.72. The van der Waals surface area contributed by atoms with E-state index in [0.29, 0.717) is 11.1 Å². The average molecular weight is 264 g/mol. The first-order valence-electron chi connectivity index (χ1n) is 5.21. The minimum absolute atomic E-state index is 0.0509. The van der Waals surface area contributed by atoms with Gasteiger partial charge in [0.15, 0.2) is 0 Å². The summed E-state index contributed by atoms with van der Waals surface area (Å²) < 4.78 is 22.5. The topological polar surface area (TPSA) is 89.3 Å². The van der Waals surface area contributed by atoms with Crippen LogP contribution in [0.4, 0.5) is 5.69 Å². The van der Waals surface area contributed by atoms with Crippen molar-refractivity contribution in [1.29, 1.82) is 0 Å². The predicted octanol–water partition coefficient (Wildman–Crippen LogP) is 1.45. The van der Waals surface area contributed by atoms with Crippen LogP contribution in [-0.2, 0) is 14.8 Å². The van der Waals surface area contributed by atoms with Crippen molar-refractivity contribution in [2.45, 2.75) is 11.8 Å². The van der Waals surface area contributed by atoms with E-state index in [-0.39, 0.29) is 10.8 Å². The molecule has 5 nitrogen and oxygen atoms in total. The Balaban J connectivity index is 2.64. The number of hydrogen-bond donors (Lipinski definition) is 2. The Morgan fingerprint density at radius 1 is 1.22 bits per heavy atom. The predicted molar refractivity (Wildman–Crippen MR) is 69.6 cm³/mol. The van der Waals surface area contributed by atoms with Gasteiger partial charge < -0.3 is 5.32 Å². The van der Waals surface area contributed by atoms with Crippen molar-refractivity contribution >= 4 is 32.4 Å². The zero-order valence-corrected chi connectivity index (χ0v) is 10.5. The highest BCUT2D eigenvalue weighted by molar-refractivity contribution is 7.89. The first kappa shape index (κ1) is 12.5. The second kappa shape index (κ2) is 4.40. The lowest BCUT2D eigenvalue weighted by molar-refractivity contribution is -0.114. The summed E-state index contributed by atoms with van der Waals surface area (Å²) in [6.07, 6.45) is 0. The van der Waals surface area contributed by atoms with E-state index < -0.39 is 10.0 Å². The molecule has 0 aliphatic heterocycles. The van der Waals surface area contributed by atoms with E-state index in [2.05, 4.69) is 5.32 Å². The van der Waals surface area contributed by atoms with Crippen LogP contribution in [0.1, 0.15) is 6.92 Å². The van der Waals surface area contributed by atoms with Gasteiger partial charge in [0.25, 0.3) is 0 Å². The summed E-state index contributed by atoms with van der Waals surface area (Å²) >= 11 is 0. The summed E-state index contributed by atoms with van der Waals surface area (Å²) in [6, 6.07) is 9.77. The highest BCUT2D eigenvalue weighted by atomic mass is 32.2. The van der Waals surface area contributed by atoms with Crippen LogP contribution in [0.25, 0.3) is 10.8 Å². The molecule has 1 amide bonds. The fourth-order valence-corrected chi connectivity index (χ4v) is 2.29. The number of carbonyl (C=O) groups is 1. The molecule has 94 valence electrons. The van der Waals surface area contributed by atoms with Crippen molar-refractivity contribution < 1.29 is 13.2 Å². The molecule has 0 fully saturated rings. The Morgan fingerprint density at radius 3 is 2.56 bits per heavy atom. The van der Waals surface area contributed by atoms with Crippen LogP contribution in [-0.4, -0.2) is 14.3 Å². The molecule has 0 aliphatic rings. The van der Waals surface area contributed by atoms with Gasteiger partial charge in [0.2, 0.25) is 15.9 Å². The third-order valence-electron chi connectivity index (χ3n) is 2.49. The van der Waals surface area contributed by atoms with Crippen LogP contribution in [0.15, 0.2) is 41.3 Å². The van der Waals surface area contributed by atoms with E-state index in [1.165, 1.54) is 19.1 Å². The van der Waals surface area contributed by atoms with E-state index in [9.17, 15) is 13.2 Å². The zero-order chi connectivity index (χ0) is 13.3. The summed E-state index contributed by atoms with van der Waals surface area (Å²) in [6.45, 7) is 1.41. The lowest BCUT2D eigenvalue weighted by atomic mass is 10.1. The SMILES string of the molecule is CC(=O)Nc1cccc2cc(S(N)(=O)=O)ccc12. The Bertz CT molecular complexity index is 723. The molecule has 2 aromatic carbocycles. The molecular weight excluding hydrogens is 252 g/mol. The van der Waals surface area contributed by atoms with Gasteiger partial charge in [-0.2, -0.15) is 0 Å². The molecule has 2 rings (SSSR count). The normalized spacial score (nSPS) is 11.4. The number of anilines is 1. The van der Waals surface area contributed by atoms with Gasteiger partial charge in [-0.3, -0.25) is 4.79 Å². The maximum Gasteiger partial charge on any atom is 0.238 e. The van der Waals surface area contributed by atoms with Gasteiger partial charge in [-0.15, -0.1) is 0 Å². The van der Waals surface area contributed by atoms with Gasteiger partial charge in [0, 0.05) is 18.0 Å². The fourth-order valence-electron chi connectivity index (χ4n) is 1.74. The number of nitrogens with two attached hydrogens (primary N) is 1. The Kier molecular flexibility index (Phi) is 3.06. The molecule has 3 N–H and O–H groups in total. The number of nitrogens with one attached hydrogen (secondary N) is 1. The van der Waals surface area contributed by atoms with Crippen molar-refractivity contribution in [3.63, 3.8) is 0 Å². The molecule has 0 heterocycles. The minimum Gasteiger partial charge on any atom is -0.326 e. The van der Waals surface area contributed by atoms with Gasteiger partial charge in [-0.05, 0) is 23.6 Å². The van der Waals surface area contributed by atoms with Crippen molar-refractivity contribution in [1.82, 2.24) is 0 Å². The van der Waals surface area contributed by atoms with Crippen molar-refractivity contribution in [3.8, 4) is 0 Å². The fraction of sp³-hybridized carbons (Fsp3) is 0.0833. The third kappa shape index (κ3) is 2.49. The molecule has 6 heteroatoms. The molecule has 0 aromatic heterocycles. The molecule has 0 bridgehead atoms. The largest absolute Gasteiger partial charge is 0.326 e. The van der Waals surface area contributed by atoms with Crippen LogP contribution in [0.5, 0.6) is 0 Å². The van der Waals surface area contributed by atoms with Gasteiger partial charge in [-0.1, -0.05) is 18.2 Å². The number of sulfonamides is 1. The van der Waals surface area contributed by atoms with E-state index >= 15 is 0 Å². The number of benzene rings is 2. The molecule has 0 unspecified atom stereocenters. The summed E-state index contributed by atoms with van der Waals surface area (Å²) in [5.41, 5.74) is 0.640. The van der Waals surface area contributed by atoms with Crippen LogP contribution in [0.2, 0.25) is 0 Å². The molecule has 0 aliphatic carbocycles. The van der Waals surface area contributed by atoms with Crippen LogP contribution < -0.4 is 10.5 Å². The highest BCUT2D eigenvalue weighted by Gasteiger charge is 2.09. The molecular formula is C12H12N2O3S. The number of fused-ring (bicyclic) bond motifs is 1. The number of hydrogen-bond acceptors (Lipinski definition) is 3. The van der Waals surface area contributed by atoms with E-state index in [1.54, 1.807) is 24.3 Å². The molecule has 0 atom stereocenters. The van der Waals surface area contributed by atoms with E-state index in [0.717, 1.165) is 5.39 Å². The molecule has 0 radical (unpaired) electrons. The minimum atomic E-state index is -3.72. The summed E-state index contributed by atoms with van der Waals surface area (Å²) in [5.74, 6) is -0.182. The summed E-state index contributed by atoms with van der Waals surface area (Å²) in [5, 5.41) is 9.22. The van der Waals surface area contributed by atoms with Crippen LogP contribution >= 0.6 is 0 Å². The van der Waals surface area contributed by atoms with Crippen molar-refractivity contribution in [2.75, 3.05) is 5.32 Å². The lowest BCUT2D eigenvalue weighted by Gasteiger charge is -2.08. The highest BCUT2D eigenvalue weighted by Crippen LogP contribution is 2.25. The van der Waals surface area contributed by atoms with E-state index in [4.69, 9.17) is 5.14 Å². The summed E-state index contributed by atoms with van der Waals surface area (Å²) in [4.78, 5) is 11.1. The van der Waals surface area contributed by atoms with Crippen LogP contribution in [0, 0.1) is 0 Å². The van der Waals surface area contributed by atoms with Crippen molar-refractivity contribution in [2.24, 2.45) is 5.14 Å². The number of primary sulfonamides is 1. The quantitative estimate of drug-likeness (QED) is 0.860. The maximum atomic E-state index is 11.2. The molecule has 0 saturated heterocycles. The second-order valence-corrected chi connectivity index (χ2v) is 5.48. The number of carbonyl (C=O) groups excluding carboxylic acids is 1. The van der Waals surface area contributed by atoms with Gasteiger partial charge in [-0.25, -0.2) is 13.6 Å². The molecule has 18 heavy (non-hydrogen) atoms. The number of amides is 1. The van der Waals surface area contributed by atoms with Crippen molar-refractivity contribution in [3.05, 3.63) is 36.4 Å². The maximum absolute atomic E-state index is 11.2. The lowest BCUT2D eigenvalue weighted by Crippen LogP contribution is -2.12. The van der Waals surface area contributed by atoms with E-state index in [1.807, 2.05) is 0 Å². The Labute approximate surface area is 105 Å².